The molecule has 4 heterocycles. The van der Waals surface area contributed by atoms with Crippen molar-refractivity contribution in [3.63, 3.8) is 0 Å². The number of hydrogen-bond acceptors (Lipinski definition) is 5. The Labute approximate surface area is 189 Å². The number of aliphatic hydroxyl groups excluding tert-OH is 1. The fourth-order valence-corrected chi connectivity index (χ4v) is 5.66. The van der Waals surface area contributed by atoms with Crippen LogP contribution in [0.5, 0.6) is 0 Å². The van der Waals surface area contributed by atoms with Gasteiger partial charge in [0.25, 0.3) is 0 Å². The molecule has 3 aliphatic rings. The van der Waals surface area contributed by atoms with Crippen LogP contribution in [-0.2, 0) is 6.42 Å². The Morgan fingerprint density at radius 1 is 1.00 bits per heavy atom. The second-order valence-electron chi connectivity index (χ2n) is 9.60. The van der Waals surface area contributed by atoms with Crippen molar-refractivity contribution < 1.29 is 5.11 Å². The van der Waals surface area contributed by atoms with Crippen LogP contribution in [0.15, 0.2) is 35.6 Å². The third-order valence-electron chi connectivity index (χ3n) is 7.61. The second kappa shape index (κ2) is 8.32. The predicted molar refractivity (Wildman–Crippen MR) is 129 cm³/mol. The van der Waals surface area contributed by atoms with E-state index < -0.39 is 0 Å². The molecule has 6 heteroatoms. The molecule has 0 spiro atoms. The van der Waals surface area contributed by atoms with Crippen molar-refractivity contribution in [2.75, 3.05) is 24.6 Å². The van der Waals surface area contributed by atoms with Crippen LogP contribution in [0.2, 0.25) is 0 Å². The van der Waals surface area contributed by atoms with Crippen LogP contribution in [0.1, 0.15) is 56.7 Å². The Kier molecular flexibility index (Phi) is 5.18. The minimum Gasteiger partial charge on any atom is -0.396 e. The van der Waals surface area contributed by atoms with E-state index in [4.69, 9.17) is 9.97 Å². The standard InChI is InChI=1S/C26H31N5O/c32-16-18-9-12-30(13-10-18)25-15-21(26-22(29-25)8-11-27-26)19-6-7-24-23(14-19)28-17-31(24)20-4-2-1-3-5-20/h6-7,11,14-15,17-18,20,32H,1-5,8-10,12-13,16H2. The number of aliphatic imine (C=N–C) groups is 1. The molecule has 3 aromatic rings. The van der Waals surface area contributed by atoms with Gasteiger partial charge in [0.1, 0.15) is 5.82 Å². The van der Waals surface area contributed by atoms with Crippen molar-refractivity contribution in [2.24, 2.45) is 10.9 Å². The number of nitrogens with zero attached hydrogens (tertiary/aromatic N) is 5. The number of rotatable bonds is 4. The molecule has 0 unspecified atom stereocenters. The Morgan fingerprint density at radius 2 is 1.84 bits per heavy atom. The van der Waals surface area contributed by atoms with Crippen molar-refractivity contribution in [3.8, 4) is 11.1 Å². The molecule has 1 aliphatic carbocycles. The quantitative estimate of drug-likeness (QED) is 0.629. The van der Waals surface area contributed by atoms with Gasteiger partial charge < -0.3 is 14.6 Å². The molecule has 32 heavy (non-hydrogen) atoms. The number of aliphatic hydroxyl groups is 1. The van der Waals surface area contributed by atoms with Crippen molar-refractivity contribution in [1.29, 1.82) is 0 Å². The van der Waals surface area contributed by atoms with Crippen LogP contribution in [-0.4, -0.2) is 45.6 Å². The van der Waals surface area contributed by atoms with Gasteiger partial charge in [0, 0.05) is 43.9 Å². The maximum absolute atomic E-state index is 9.48. The first-order valence-electron chi connectivity index (χ1n) is 12.2. The number of fused-ring (bicyclic) bond motifs is 2. The van der Waals surface area contributed by atoms with E-state index in [9.17, 15) is 5.11 Å². The number of imidazole rings is 1. The lowest BCUT2D eigenvalue weighted by Crippen LogP contribution is -2.35. The van der Waals surface area contributed by atoms with Gasteiger partial charge in [-0.05, 0) is 55.4 Å². The first-order chi connectivity index (χ1) is 15.8. The summed E-state index contributed by atoms with van der Waals surface area (Å²) in [4.78, 5) is 16.8. The minimum atomic E-state index is 0.290. The smallest absolute Gasteiger partial charge is 0.129 e. The molecule has 1 aromatic carbocycles. The van der Waals surface area contributed by atoms with Crippen LogP contribution >= 0.6 is 0 Å². The summed E-state index contributed by atoms with van der Waals surface area (Å²) in [5.41, 5.74) is 6.68. The zero-order valence-corrected chi connectivity index (χ0v) is 18.6. The van der Waals surface area contributed by atoms with Crippen molar-refractivity contribution >= 4 is 28.8 Å². The zero-order valence-electron chi connectivity index (χ0n) is 18.6. The summed E-state index contributed by atoms with van der Waals surface area (Å²) >= 11 is 0. The van der Waals surface area contributed by atoms with E-state index in [1.54, 1.807) is 0 Å². The Hall–Kier alpha value is -2.73. The highest BCUT2D eigenvalue weighted by Gasteiger charge is 2.24. The van der Waals surface area contributed by atoms with Crippen LogP contribution in [0.25, 0.3) is 22.2 Å². The van der Waals surface area contributed by atoms with Crippen LogP contribution in [0.3, 0.4) is 0 Å². The zero-order chi connectivity index (χ0) is 21.5. The topological polar surface area (TPSA) is 66.5 Å². The lowest BCUT2D eigenvalue weighted by Gasteiger charge is -2.32. The second-order valence-corrected chi connectivity index (χ2v) is 9.60. The highest BCUT2D eigenvalue weighted by molar-refractivity contribution is 5.91. The summed E-state index contributed by atoms with van der Waals surface area (Å²) in [5.74, 6) is 1.46. The lowest BCUT2D eigenvalue weighted by molar-refractivity contribution is 0.203. The molecule has 0 bridgehead atoms. The average Bonchev–Trinajstić information content (AvgIpc) is 3.50. The number of aromatic nitrogens is 3. The number of piperidine rings is 1. The van der Waals surface area contributed by atoms with Crippen LogP contribution < -0.4 is 4.90 Å². The van der Waals surface area contributed by atoms with Gasteiger partial charge >= 0.3 is 0 Å². The van der Waals surface area contributed by atoms with Gasteiger partial charge in [-0.15, -0.1) is 0 Å². The largest absolute Gasteiger partial charge is 0.396 e. The van der Waals surface area contributed by atoms with Crippen LogP contribution in [0, 0.1) is 5.92 Å². The van der Waals surface area contributed by atoms with E-state index in [1.807, 2.05) is 12.5 Å². The molecule has 1 N–H and O–H groups in total. The van der Waals surface area contributed by atoms with Crippen molar-refractivity contribution in [1.82, 2.24) is 14.5 Å². The molecule has 6 nitrogen and oxygen atoms in total. The highest BCUT2D eigenvalue weighted by atomic mass is 16.3. The molecule has 0 amide bonds. The van der Waals surface area contributed by atoms with Gasteiger partial charge in [0.15, 0.2) is 0 Å². The highest BCUT2D eigenvalue weighted by Crippen LogP contribution is 2.40. The van der Waals surface area contributed by atoms with E-state index in [2.05, 4.69) is 38.7 Å². The number of anilines is 1. The summed E-state index contributed by atoms with van der Waals surface area (Å²) in [6, 6.07) is 9.49. The third kappa shape index (κ3) is 3.51. The van der Waals surface area contributed by atoms with Gasteiger partial charge in [-0.25, -0.2) is 9.97 Å². The first-order valence-corrected chi connectivity index (χ1v) is 12.2. The number of benzene rings is 1. The van der Waals surface area contributed by atoms with Crippen molar-refractivity contribution in [3.05, 3.63) is 36.3 Å². The molecule has 6 rings (SSSR count). The third-order valence-corrected chi connectivity index (χ3v) is 7.61. The van der Waals surface area contributed by atoms with Crippen LogP contribution in [0.4, 0.5) is 11.5 Å². The maximum atomic E-state index is 9.48. The molecule has 2 fully saturated rings. The van der Waals surface area contributed by atoms with Gasteiger partial charge in [0.05, 0.1) is 28.7 Å². The Bertz CT molecular complexity index is 1150. The van der Waals surface area contributed by atoms with E-state index in [0.717, 1.165) is 66.2 Å². The number of pyridine rings is 1. The first kappa shape index (κ1) is 19.9. The van der Waals surface area contributed by atoms with Gasteiger partial charge in [-0.1, -0.05) is 25.3 Å². The molecule has 1 saturated carbocycles. The summed E-state index contributed by atoms with van der Waals surface area (Å²) in [6.45, 7) is 2.18. The van der Waals surface area contributed by atoms with E-state index in [0.29, 0.717) is 12.0 Å². The Balaban J connectivity index is 1.36. The molecule has 0 radical (unpaired) electrons. The Morgan fingerprint density at radius 3 is 2.66 bits per heavy atom. The molecular formula is C26H31N5O. The molecule has 0 atom stereocenters. The lowest BCUT2D eigenvalue weighted by atomic mass is 9.95. The van der Waals surface area contributed by atoms with Gasteiger partial charge in [0.2, 0.25) is 0 Å². The van der Waals surface area contributed by atoms with Gasteiger partial charge in [-0.2, -0.15) is 0 Å². The monoisotopic (exact) mass is 429 g/mol. The molecular weight excluding hydrogens is 398 g/mol. The average molecular weight is 430 g/mol. The summed E-state index contributed by atoms with van der Waals surface area (Å²) in [6.07, 6.45) is 13.4. The van der Waals surface area contributed by atoms with E-state index >= 15 is 0 Å². The number of hydrogen-bond donors (Lipinski definition) is 1. The molecule has 166 valence electrons. The normalized spacial score (nSPS) is 19.7. The molecule has 2 aliphatic heterocycles. The SMILES string of the molecule is OCC1CCN(c2cc(-c3ccc4c(c3)ncn4C3CCCCC3)c3c(n2)CC=N3)CC1. The summed E-state index contributed by atoms with van der Waals surface area (Å²) in [5, 5.41) is 9.48. The van der Waals surface area contributed by atoms with Crippen molar-refractivity contribution in [2.45, 2.75) is 57.4 Å². The molecule has 2 aromatic heterocycles. The minimum absolute atomic E-state index is 0.290. The predicted octanol–water partition coefficient (Wildman–Crippen LogP) is 5.07. The van der Waals surface area contributed by atoms with E-state index in [1.165, 1.54) is 37.6 Å². The van der Waals surface area contributed by atoms with E-state index in [-0.39, 0.29) is 6.61 Å². The fourth-order valence-electron chi connectivity index (χ4n) is 5.66. The summed E-state index contributed by atoms with van der Waals surface area (Å²) < 4.78 is 2.39. The summed E-state index contributed by atoms with van der Waals surface area (Å²) in [7, 11) is 0. The maximum Gasteiger partial charge on any atom is 0.129 e. The molecule has 1 saturated heterocycles. The van der Waals surface area contributed by atoms with Gasteiger partial charge in [-0.3, -0.25) is 4.99 Å². The fraction of sp³-hybridized carbons (Fsp3) is 0.500.